The Morgan fingerprint density at radius 1 is 1.29 bits per heavy atom. The molecule has 0 saturated carbocycles. The smallest absolute Gasteiger partial charge is 0.129 e. The summed E-state index contributed by atoms with van der Waals surface area (Å²) in [6.07, 6.45) is 5.98. The lowest BCUT2D eigenvalue weighted by molar-refractivity contribution is 0.816. The quantitative estimate of drug-likeness (QED) is 0.705. The summed E-state index contributed by atoms with van der Waals surface area (Å²) in [6.45, 7) is 2.17. The van der Waals surface area contributed by atoms with Crippen molar-refractivity contribution < 1.29 is 0 Å². The Balaban J connectivity index is 2.17. The van der Waals surface area contributed by atoms with Gasteiger partial charge in [0.15, 0.2) is 0 Å². The highest BCUT2D eigenvalue weighted by molar-refractivity contribution is 7.10. The third-order valence-electron chi connectivity index (χ3n) is 2.77. The van der Waals surface area contributed by atoms with Crippen molar-refractivity contribution in [3.8, 4) is 5.00 Å². The minimum Gasteiger partial charge on any atom is -0.293 e. The van der Waals surface area contributed by atoms with Crippen LogP contribution in [0, 0.1) is 0 Å². The van der Waals surface area contributed by atoms with Crippen LogP contribution in [0.15, 0.2) is 36.7 Å². The van der Waals surface area contributed by atoms with Gasteiger partial charge in [0.1, 0.15) is 10.8 Å². The molecule has 2 heterocycles. The van der Waals surface area contributed by atoms with Gasteiger partial charge in [-0.2, -0.15) is 4.37 Å². The van der Waals surface area contributed by atoms with E-state index in [1.165, 1.54) is 21.9 Å². The lowest BCUT2D eigenvalue weighted by Crippen LogP contribution is -1.98. The van der Waals surface area contributed by atoms with E-state index in [2.05, 4.69) is 33.0 Å². The first-order valence-corrected chi connectivity index (χ1v) is 6.54. The third kappa shape index (κ3) is 1.74. The van der Waals surface area contributed by atoms with Crippen molar-refractivity contribution in [2.75, 3.05) is 0 Å². The molecule has 3 rings (SSSR count). The van der Waals surface area contributed by atoms with Gasteiger partial charge < -0.3 is 0 Å². The van der Waals surface area contributed by atoms with Crippen LogP contribution in [0.2, 0.25) is 0 Å². The summed E-state index contributed by atoms with van der Waals surface area (Å²) < 4.78 is 6.63. The number of nitrogens with zero attached hydrogens (tertiary/aromatic N) is 3. The van der Waals surface area contributed by atoms with Crippen LogP contribution in [0.5, 0.6) is 0 Å². The van der Waals surface area contributed by atoms with Crippen LogP contribution in [0.25, 0.3) is 15.9 Å². The molecular weight excluding hydrogens is 230 g/mol. The molecule has 0 fully saturated rings. The molecule has 0 aliphatic heterocycles. The first kappa shape index (κ1) is 10.5. The van der Waals surface area contributed by atoms with Gasteiger partial charge >= 0.3 is 0 Å². The van der Waals surface area contributed by atoms with Gasteiger partial charge in [-0.15, -0.1) is 0 Å². The van der Waals surface area contributed by atoms with Crippen molar-refractivity contribution in [1.29, 1.82) is 0 Å². The fourth-order valence-electron chi connectivity index (χ4n) is 1.98. The summed E-state index contributed by atoms with van der Waals surface area (Å²) in [5.41, 5.74) is 1.06. The molecule has 0 N–H and O–H groups in total. The zero-order valence-corrected chi connectivity index (χ0v) is 10.4. The van der Waals surface area contributed by atoms with Gasteiger partial charge in [0.05, 0.1) is 5.52 Å². The monoisotopic (exact) mass is 243 g/mol. The Morgan fingerprint density at radius 2 is 2.18 bits per heavy atom. The Hall–Kier alpha value is -1.68. The number of benzene rings is 1. The minimum absolute atomic E-state index is 0.999. The molecule has 1 aromatic carbocycles. The predicted octanol–water partition coefficient (Wildman–Crippen LogP) is 3.43. The van der Waals surface area contributed by atoms with E-state index in [0.717, 1.165) is 24.2 Å². The number of aromatic nitrogens is 3. The van der Waals surface area contributed by atoms with Gasteiger partial charge in [0.25, 0.3) is 0 Å². The van der Waals surface area contributed by atoms with Crippen molar-refractivity contribution in [2.45, 2.75) is 19.8 Å². The van der Waals surface area contributed by atoms with Crippen molar-refractivity contribution >= 4 is 22.4 Å². The first-order valence-electron chi connectivity index (χ1n) is 5.77. The highest BCUT2D eigenvalue weighted by Gasteiger charge is 2.10. The number of imidazole rings is 1. The van der Waals surface area contributed by atoms with E-state index in [4.69, 9.17) is 0 Å². The van der Waals surface area contributed by atoms with Crippen LogP contribution in [0.4, 0.5) is 0 Å². The molecule has 2 aromatic heterocycles. The molecule has 4 heteroatoms. The minimum atomic E-state index is 0.999. The summed E-state index contributed by atoms with van der Waals surface area (Å²) in [7, 11) is 0. The fraction of sp³-hybridized carbons (Fsp3) is 0.231. The second kappa shape index (κ2) is 4.30. The largest absolute Gasteiger partial charge is 0.293 e. The third-order valence-corrected chi connectivity index (χ3v) is 3.65. The molecule has 0 aliphatic carbocycles. The molecule has 0 aliphatic rings. The molecular formula is C13H13N3S. The Morgan fingerprint density at radius 3 is 3.06 bits per heavy atom. The van der Waals surface area contributed by atoms with Crippen LogP contribution in [0.3, 0.4) is 0 Å². The number of fused-ring (bicyclic) bond motifs is 1. The van der Waals surface area contributed by atoms with Gasteiger partial charge in [-0.1, -0.05) is 19.1 Å². The maximum absolute atomic E-state index is 4.47. The van der Waals surface area contributed by atoms with Crippen LogP contribution < -0.4 is 0 Å². The second-order valence-corrected chi connectivity index (χ2v) is 4.72. The van der Waals surface area contributed by atoms with Crippen molar-refractivity contribution in [2.24, 2.45) is 0 Å². The molecule has 3 nitrogen and oxygen atoms in total. The molecule has 3 aromatic rings. The topological polar surface area (TPSA) is 30.7 Å². The van der Waals surface area contributed by atoms with E-state index in [0.29, 0.717) is 0 Å². The van der Waals surface area contributed by atoms with Gasteiger partial charge in [-0.05, 0) is 30.1 Å². The van der Waals surface area contributed by atoms with Crippen molar-refractivity contribution in [3.05, 3.63) is 42.5 Å². The van der Waals surface area contributed by atoms with E-state index in [9.17, 15) is 0 Å². The standard InChI is InChI=1S/C13H13N3S/c1-2-5-12-14-8-9-16(12)13-10-6-3-4-7-11(10)15-17-13/h3-4,6-9H,2,5H2,1H3. The Kier molecular flexibility index (Phi) is 2.65. The molecule has 86 valence electrons. The lowest BCUT2D eigenvalue weighted by Gasteiger charge is -2.03. The SMILES string of the molecule is CCCc1nccn1-c1snc2ccccc12. The summed E-state index contributed by atoms with van der Waals surface area (Å²) in [4.78, 5) is 4.41. The van der Waals surface area contributed by atoms with E-state index in [1.807, 2.05) is 24.5 Å². The molecule has 0 atom stereocenters. The molecule has 17 heavy (non-hydrogen) atoms. The van der Waals surface area contributed by atoms with E-state index < -0.39 is 0 Å². The molecule has 0 amide bonds. The summed E-state index contributed by atoms with van der Waals surface area (Å²) >= 11 is 1.53. The number of hydrogen-bond acceptors (Lipinski definition) is 3. The van der Waals surface area contributed by atoms with E-state index in [1.54, 1.807) is 0 Å². The maximum atomic E-state index is 4.47. The lowest BCUT2D eigenvalue weighted by atomic mass is 10.2. The molecule has 0 radical (unpaired) electrons. The van der Waals surface area contributed by atoms with Crippen LogP contribution in [-0.4, -0.2) is 13.9 Å². The summed E-state index contributed by atoms with van der Waals surface area (Å²) in [6, 6.07) is 8.24. The van der Waals surface area contributed by atoms with Gasteiger partial charge in [0.2, 0.25) is 0 Å². The highest BCUT2D eigenvalue weighted by Crippen LogP contribution is 2.26. The summed E-state index contributed by atoms with van der Waals surface area (Å²) in [5.74, 6) is 1.11. The number of hydrogen-bond donors (Lipinski definition) is 0. The molecule has 0 bridgehead atoms. The Bertz CT molecular complexity index is 639. The van der Waals surface area contributed by atoms with Crippen LogP contribution in [-0.2, 0) is 6.42 Å². The zero-order chi connectivity index (χ0) is 11.7. The van der Waals surface area contributed by atoms with Gasteiger partial charge in [0, 0.05) is 24.2 Å². The van der Waals surface area contributed by atoms with Gasteiger partial charge in [-0.3, -0.25) is 4.57 Å². The second-order valence-electron chi connectivity index (χ2n) is 3.97. The summed E-state index contributed by atoms with van der Waals surface area (Å²) in [5, 5.41) is 2.37. The molecule has 0 unspecified atom stereocenters. The normalized spacial score (nSPS) is 11.1. The van der Waals surface area contributed by atoms with E-state index in [-0.39, 0.29) is 0 Å². The fourth-order valence-corrected chi connectivity index (χ4v) is 2.85. The molecule has 0 spiro atoms. The highest BCUT2D eigenvalue weighted by atomic mass is 32.1. The maximum Gasteiger partial charge on any atom is 0.129 e. The first-order chi connectivity index (χ1) is 8.40. The zero-order valence-electron chi connectivity index (χ0n) is 9.63. The average molecular weight is 243 g/mol. The number of aryl methyl sites for hydroxylation is 1. The Labute approximate surface area is 104 Å². The average Bonchev–Trinajstić information content (AvgIpc) is 2.95. The van der Waals surface area contributed by atoms with E-state index >= 15 is 0 Å². The van der Waals surface area contributed by atoms with Crippen molar-refractivity contribution in [3.63, 3.8) is 0 Å². The number of rotatable bonds is 3. The van der Waals surface area contributed by atoms with Gasteiger partial charge in [-0.25, -0.2) is 4.98 Å². The van der Waals surface area contributed by atoms with Crippen molar-refractivity contribution in [1.82, 2.24) is 13.9 Å². The predicted molar refractivity (Wildman–Crippen MR) is 70.7 cm³/mol. The van der Waals surface area contributed by atoms with Crippen LogP contribution in [0.1, 0.15) is 19.2 Å². The molecule has 0 saturated heterocycles. The van der Waals surface area contributed by atoms with Crippen LogP contribution >= 0.6 is 11.5 Å².